The highest BCUT2D eigenvalue weighted by molar-refractivity contribution is 5.94. The number of nitrogens with zero attached hydrogens (tertiary/aromatic N) is 1. The van der Waals surface area contributed by atoms with Crippen LogP contribution in [0.2, 0.25) is 0 Å². The minimum atomic E-state index is -0.253. The van der Waals surface area contributed by atoms with Crippen LogP contribution in [0.1, 0.15) is 59.3 Å². The molecule has 4 heteroatoms. The minimum absolute atomic E-state index is 0.0512. The second-order valence-electron chi connectivity index (χ2n) is 9.78. The molecule has 0 atom stereocenters. The van der Waals surface area contributed by atoms with Gasteiger partial charge in [-0.1, -0.05) is 106 Å². The predicted octanol–water partition coefficient (Wildman–Crippen LogP) is 7.11. The van der Waals surface area contributed by atoms with Crippen LogP contribution in [-0.4, -0.2) is 12.1 Å². The molecule has 0 heterocycles. The summed E-state index contributed by atoms with van der Waals surface area (Å²) >= 11 is 0. The van der Waals surface area contributed by atoms with E-state index in [9.17, 15) is 4.79 Å². The van der Waals surface area contributed by atoms with Gasteiger partial charge in [0.1, 0.15) is 12.4 Å². The lowest BCUT2D eigenvalue weighted by molar-refractivity contribution is 0.0955. The van der Waals surface area contributed by atoms with Gasteiger partial charge in [-0.05, 0) is 51.9 Å². The Balaban J connectivity index is 1.35. The summed E-state index contributed by atoms with van der Waals surface area (Å²) in [7, 11) is 0. The smallest absolute Gasteiger partial charge is 0.271 e. The van der Waals surface area contributed by atoms with E-state index >= 15 is 0 Å². The zero-order valence-corrected chi connectivity index (χ0v) is 21.0. The molecular weight excluding hydrogens is 444 g/mol. The predicted molar refractivity (Wildman–Crippen MR) is 147 cm³/mol. The first-order valence-electron chi connectivity index (χ1n) is 12.2. The summed E-state index contributed by atoms with van der Waals surface area (Å²) in [5.41, 5.74) is 7.80. The van der Waals surface area contributed by atoms with E-state index in [4.69, 9.17) is 4.74 Å². The average molecular weight is 477 g/mol. The van der Waals surface area contributed by atoms with E-state index in [0.29, 0.717) is 12.2 Å². The summed E-state index contributed by atoms with van der Waals surface area (Å²) in [5.74, 6) is 0.520. The molecule has 0 aliphatic carbocycles. The van der Waals surface area contributed by atoms with Crippen molar-refractivity contribution in [3.63, 3.8) is 0 Å². The van der Waals surface area contributed by atoms with Crippen molar-refractivity contribution in [1.82, 2.24) is 5.43 Å². The second-order valence-corrected chi connectivity index (χ2v) is 9.78. The van der Waals surface area contributed by atoms with Crippen molar-refractivity contribution in [3.05, 3.63) is 137 Å². The summed E-state index contributed by atoms with van der Waals surface area (Å²) in [4.78, 5) is 12.6. The fraction of sp³-hybridized carbons (Fsp3) is 0.188. The first-order valence-corrected chi connectivity index (χ1v) is 12.2. The summed E-state index contributed by atoms with van der Waals surface area (Å²) in [6.07, 6.45) is 1.77. The molecule has 1 amide bonds. The van der Waals surface area contributed by atoms with Gasteiger partial charge in [-0.2, -0.15) is 5.10 Å². The average Bonchev–Trinajstić information content (AvgIpc) is 2.91. The fourth-order valence-corrected chi connectivity index (χ4v) is 3.89. The maximum absolute atomic E-state index is 12.6. The second kappa shape index (κ2) is 11.5. The molecule has 4 aromatic rings. The molecule has 4 aromatic carbocycles. The Bertz CT molecular complexity index is 1230. The lowest BCUT2D eigenvalue weighted by Crippen LogP contribution is -2.18. The Labute approximate surface area is 213 Å². The number of hydrazone groups is 1. The number of carbonyl (C=O) groups is 1. The quantitative estimate of drug-likeness (QED) is 0.218. The van der Waals surface area contributed by atoms with Gasteiger partial charge in [0, 0.05) is 17.7 Å². The molecule has 0 saturated carbocycles. The third-order valence-electron chi connectivity index (χ3n) is 6.05. The first kappa shape index (κ1) is 24.9. The van der Waals surface area contributed by atoms with Crippen molar-refractivity contribution in [2.24, 2.45) is 5.10 Å². The van der Waals surface area contributed by atoms with Gasteiger partial charge in [-0.25, -0.2) is 5.43 Å². The topological polar surface area (TPSA) is 50.7 Å². The van der Waals surface area contributed by atoms with Crippen LogP contribution in [0, 0.1) is 0 Å². The molecule has 0 aliphatic rings. The van der Waals surface area contributed by atoms with Gasteiger partial charge in [0.25, 0.3) is 5.91 Å². The maximum Gasteiger partial charge on any atom is 0.271 e. The van der Waals surface area contributed by atoms with Crippen molar-refractivity contribution in [2.75, 3.05) is 0 Å². The standard InChI is InChI=1S/C32H32N2O2/c1-32(2,3)28-18-20-29(21-19-28)36-23-24-14-16-27(17-15-24)31(35)34-33-22-30(25-10-6-4-7-11-25)26-12-8-5-9-13-26/h4-22,30H,23H2,1-3H3,(H,34,35)/b33-22-. The fourth-order valence-electron chi connectivity index (χ4n) is 3.89. The number of rotatable bonds is 8. The van der Waals surface area contributed by atoms with Crippen molar-refractivity contribution >= 4 is 12.1 Å². The van der Waals surface area contributed by atoms with E-state index in [2.05, 4.69) is 67.7 Å². The van der Waals surface area contributed by atoms with Gasteiger partial charge < -0.3 is 4.74 Å². The van der Waals surface area contributed by atoms with Crippen LogP contribution in [0.25, 0.3) is 0 Å². The molecule has 0 spiro atoms. The van der Waals surface area contributed by atoms with E-state index in [-0.39, 0.29) is 17.2 Å². The summed E-state index contributed by atoms with van der Waals surface area (Å²) in [6.45, 7) is 7.01. The van der Waals surface area contributed by atoms with Crippen LogP contribution < -0.4 is 10.2 Å². The van der Waals surface area contributed by atoms with Crippen LogP contribution in [0.3, 0.4) is 0 Å². The molecule has 0 unspecified atom stereocenters. The van der Waals surface area contributed by atoms with Crippen molar-refractivity contribution in [3.8, 4) is 5.75 Å². The molecule has 0 saturated heterocycles. The highest BCUT2D eigenvalue weighted by atomic mass is 16.5. The van der Waals surface area contributed by atoms with E-state index in [1.54, 1.807) is 18.3 Å². The molecule has 0 fully saturated rings. The molecule has 182 valence electrons. The third kappa shape index (κ3) is 6.70. The van der Waals surface area contributed by atoms with Gasteiger partial charge in [0.05, 0.1) is 0 Å². The van der Waals surface area contributed by atoms with Gasteiger partial charge in [0.2, 0.25) is 0 Å². The SMILES string of the molecule is CC(C)(C)c1ccc(OCc2ccc(C(=O)N/N=C\C(c3ccccc3)c3ccccc3)cc2)cc1. The maximum atomic E-state index is 12.6. The molecule has 4 nitrogen and oxygen atoms in total. The first-order chi connectivity index (χ1) is 17.4. The Morgan fingerprint density at radius 3 is 1.89 bits per heavy atom. The largest absolute Gasteiger partial charge is 0.489 e. The van der Waals surface area contributed by atoms with Gasteiger partial charge in [-0.3, -0.25) is 4.79 Å². The molecule has 0 radical (unpaired) electrons. The molecule has 0 bridgehead atoms. The Hall–Kier alpha value is -4.18. The lowest BCUT2D eigenvalue weighted by Gasteiger charge is -2.19. The Morgan fingerprint density at radius 1 is 0.806 bits per heavy atom. The van der Waals surface area contributed by atoms with Crippen molar-refractivity contribution < 1.29 is 9.53 Å². The number of nitrogens with one attached hydrogen (secondary N) is 1. The van der Waals surface area contributed by atoms with E-state index in [1.807, 2.05) is 60.7 Å². The highest BCUT2D eigenvalue weighted by Gasteiger charge is 2.13. The van der Waals surface area contributed by atoms with Gasteiger partial charge >= 0.3 is 0 Å². The summed E-state index contributed by atoms with van der Waals surface area (Å²) in [5, 5.41) is 4.27. The number of amides is 1. The lowest BCUT2D eigenvalue weighted by atomic mass is 9.87. The highest BCUT2D eigenvalue weighted by Crippen LogP contribution is 2.25. The van der Waals surface area contributed by atoms with Crippen LogP contribution >= 0.6 is 0 Å². The van der Waals surface area contributed by atoms with Crippen LogP contribution in [0.15, 0.2) is 114 Å². The number of benzene rings is 4. The van der Waals surface area contributed by atoms with Crippen LogP contribution in [0.5, 0.6) is 5.75 Å². The molecule has 4 rings (SSSR count). The molecule has 36 heavy (non-hydrogen) atoms. The molecular formula is C32H32N2O2. The van der Waals surface area contributed by atoms with E-state index in [1.165, 1.54) is 5.56 Å². The van der Waals surface area contributed by atoms with Crippen LogP contribution in [0.4, 0.5) is 0 Å². The summed E-state index contributed by atoms with van der Waals surface area (Å²) < 4.78 is 5.91. The minimum Gasteiger partial charge on any atom is -0.489 e. The van der Waals surface area contributed by atoms with Gasteiger partial charge in [0.15, 0.2) is 0 Å². The Morgan fingerprint density at radius 2 is 1.36 bits per heavy atom. The van der Waals surface area contributed by atoms with Gasteiger partial charge in [-0.15, -0.1) is 0 Å². The molecule has 1 N–H and O–H groups in total. The number of ether oxygens (including phenoxy) is 1. The van der Waals surface area contributed by atoms with Crippen molar-refractivity contribution in [1.29, 1.82) is 0 Å². The molecule has 0 aromatic heterocycles. The van der Waals surface area contributed by atoms with Crippen LogP contribution in [-0.2, 0) is 12.0 Å². The Kier molecular flexibility index (Phi) is 7.96. The number of hydrogen-bond acceptors (Lipinski definition) is 3. The molecule has 0 aliphatic heterocycles. The number of carbonyl (C=O) groups excluding carboxylic acids is 1. The monoisotopic (exact) mass is 476 g/mol. The zero-order chi connectivity index (χ0) is 25.4. The zero-order valence-electron chi connectivity index (χ0n) is 21.0. The normalized spacial score (nSPS) is 11.6. The van der Waals surface area contributed by atoms with E-state index in [0.717, 1.165) is 22.4 Å². The van der Waals surface area contributed by atoms with Crippen molar-refractivity contribution in [2.45, 2.75) is 38.7 Å². The summed E-state index contributed by atoms with van der Waals surface area (Å²) in [6, 6.07) is 35.8. The third-order valence-corrected chi connectivity index (χ3v) is 6.05. The number of hydrogen-bond donors (Lipinski definition) is 1. The van der Waals surface area contributed by atoms with E-state index < -0.39 is 0 Å².